The summed E-state index contributed by atoms with van der Waals surface area (Å²) in [5, 5.41) is 4.12. The number of carbonyl (C=O) groups is 1. The summed E-state index contributed by atoms with van der Waals surface area (Å²) >= 11 is 1.61. The lowest BCUT2D eigenvalue weighted by Gasteiger charge is -2.10. The third-order valence-electron chi connectivity index (χ3n) is 3.07. The van der Waals surface area contributed by atoms with Gasteiger partial charge in [0.05, 0.1) is 12.8 Å². The van der Waals surface area contributed by atoms with Crippen molar-refractivity contribution < 1.29 is 9.53 Å². The molecule has 1 heterocycles. The molecule has 0 saturated heterocycles. The maximum absolute atomic E-state index is 12.1. The van der Waals surface area contributed by atoms with Crippen molar-refractivity contribution >= 4 is 17.7 Å². The highest BCUT2D eigenvalue weighted by Crippen LogP contribution is 2.18. The molecule has 0 bridgehead atoms. The van der Waals surface area contributed by atoms with Crippen LogP contribution in [-0.2, 0) is 11.2 Å². The fourth-order valence-corrected chi connectivity index (χ4v) is 2.36. The zero-order valence-corrected chi connectivity index (χ0v) is 12.9. The topological polar surface area (TPSA) is 61.2 Å². The highest BCUT2D eigenvalue weighted by molar-refractivity contribution is 7.98. The first-order valence-corrected chi connectivity index (χ1v) is 7.68. The van der Waals surface area contributed by atoms with Gasteiger partial charge in [-0.15, -0.1) is 11.8 Å². The average Bonchev–Trinajstić information content (AvgIpc) is 2.54. The van der Waals surface area contributed by atoms with Crippen molar-refractivity contribution in [2.75, 3.05) is 13.4 Å². The first-order valence-electron chi connectivity index (χ1n) is 6.46. The Bertz CT molecular complexity index is 725. The zero-order chi connectivity index (χ0) is 15.4. The van der Waals surface area contributed by atoms with Crippen LogP contribution in [-0.4, -0.2) is 29.1 Å². The van der Waals surface area contributed by atoms with E-state index in [4.69, 9.17) is 0 Å². The standard InChI is InChI=1S/C15H16N2O3S/c1-4-10-9-17(11-6-5-7-12(8-11)21-3)16-13(14(10)18)15(19)20-2/h5-9H,4H2,1-3H3. The predicted molar refractivity (Wildman–Crippen MR) is 82.3 cm³/mol. The summed E-state index contributed by atoms with van der Waals surface area (Å²) in [5.74, 6) is -0.718. The summed E-state index contributed by atoms with van der Waals surface area (Å²) in [7, 11) is 1.24. The van der Waals surface area contributed by atoms with Gasteiger partial charge in [0.2, 0.25) is 11.1 Å². The normalized spacial score (nSPS) is 10.4. The lowest BCUT2D eigenvalue weighted by atomic mass is 10.2. The number of rotatable bonds is 4. The predicted octanol–water partition coefficient (Wildman–Crippen LogP) is 2.30. The van der Waals surface area contributed by atoms with Gasteiger partial charge in [0, 0.05) is 16.7 Å². The van der Waals surface area contributed by atoms with Crippen LogP contribution >= 0.6 is 11.8 Å². The fraction of sp³-hybridized carbons (Fsp3) is 0.267. The van der Waals surface area contributed by atoms with Crippen LogP contribution < -0.4 is 5.43 Å². The molecule has 0 unspecified atom stereocenters. The molecule has 6 heteroatoms. The third kappa shape index (κ3) is 3.16. The largest absolute Gasteiger partial charge is 0.464 e. The number of aryl methyl sites for hydroxylation is 1. The quantitative estimate of drug-likeness (QED) is 0.641. The van der Waals surface area contributed by atoms with Crippen LogP contribution in [0, 0.1) is 0 Å². The van der Waals surface area contributed by atoms with Crippen LogP contribution in [0.4, 0.5) is 0 Å². The van der Waals surface area contributed by atoms with E-state index in [2.05, 4.69) is 9.84 Å². The van der Waals surface area contributed by atoms with E-state index in [0.717, 1.165) is 10.6 Å². The molecule has 1 aromatic carbocycles. The molecular weight excluding hydrogens is 288 g/mol. The van der Waals surface area contributed by atoms with Gasteiger partial charge in [-0.25, -0.2) is 9.48 Å². The Morgan fingerprint density at radius 3 is 2.81 bits per heavy atom. The van der Waals surface area contributed by atoms with E-state index < -0.39 is 5.97 Å². The van der Waals surface area contributed by atoms with E-state index in [1.54, 1.807) is 22.6 Å². The Labute approximate surface area is 126 Å². The molecule has 0 atom stereocenters. The van der Waals surface area contributed by atoms with Crippen LogP contribution in [0.2, 0.25) is 0 Å². The summed E-state index contributed by atoms with van der Waals surface area (Å²) < 4.78 is 6.18. The van der Waals surface area contributed by atoms with Gasteiger partial charge in [0.25, 0.3) is 0 Å². The molecule has 2 aromatic rings. The van der Waals surface area contributed by atoms with Crippen molar-refractivity contribution in [3.05, 3.63) is 51.9 Å². The number of benzene rings is 1. The van der Waals surface area contributed by atoms with Crippen molar-refractivity contribution in [2.45, 2.75) is 18.2 Å². The third-order valence-corrected chi connectivity index (χ3v) is 3.80. The molecular formula is C15H16N2O3S. The van der Waals surface area contributed by atoms with Crippen LogP contribution in [0.3, 0.4) is 0 Å². The van der Waals surface area contributed by atoms with Gasteiger partial charge in [-0.1, -0.05) is 13.0 Å². The minimum absolute atomic E-state index is 0.189. The molecule has 0 saturated carbocycles. The number of esters is 1. The van der Waals surface area contributed by atoms with Crippen LogP contribution in [0.25, 0.3) is 5.69 Å². The molecule has 1 aromatic heterocycles. The van der Waals surface area contributed by atoms with E-state index in [0.29, 0.717) is 12.0 Å². The number of hydrogen-bond acceptors (Lipinski definition) is 5. The molecule has 2 rings (SSSR count). The number of carbonyl (C=O) groups excluding carboxylic acids is 1. The number of methoxy groups -OCH3 is 1. The molecule has 0 aliphatic carbocycles. The second-order valence-electron chi connectivity index (χ2n) is 4.32. The Balaban J connectivity index is 2.63. The molecule has 0 aliphatic heterocycles. The smallest absolute Gasteiger partial charge is 0.362 e. The average molecular weight is 304 g/mol. The van der Waals surface area contributed by atoms with E-state index in [9.17, 15) is 9.59 Å². The second kappa shape index (κ2) is 6.58. The number of ether oxygens (including phenoxy) is 1. The SMILES string of the molecule is CCc1cn(-c2cccc(SC)c2)nc(C(=O)OC)c1=O. The summed E-state index contributed by atoms with van der Waals surface area (Å²) in [6.07, 6.45) is 4.16. The molecule has 0 fully saturated rings. The van der Waals surface area contributed by atoms with Gasteiger partial charge in [-0.3, -0.25) is 4.79 Å². The molecule has 0 aliphatic rings. The number of nitrogens with zero attached hydrogens (tertiary/aromatic N) is 2. The van der Waals surface area contributed by atoms with Gasteiger partial charge in [-0.05, 0) is 30.9 Å². The van der Waals surface area contributed by atoms with E-state index >= 15 is 0 Å². The van der Waals surface area contributed by atoms with Crippen molar-refractivity contribution in [1.29, 1.82) is 0 Å². The lowest BCUT2D eigenvalue weighted by Crippen LogP contribution is -2.25. The Kier molecular flexibility index (Phi) is 4.80. The second-order valence-corrected chi connectivity index (χ2v) is 5.20. The van der Waals surface area contributed by atoms with Gasteiger partial charge >= 0.3 is 5.97 Å². The zero-order valence-electron chi connectivity index (χ0n) is 12.1. The lowest BCUT2D eigenvalue weighted by molar-refractivity contribution is 0.0590. The molecule has 110 valence electrons. The van der Waals surface area contributed by atoms with Crippen LogP contribution in [0.5, 0.6) is 0 Å². The first-order chi connectivity index (χ1) is 10.1. The van der Waals surface area contributed by atoms with E-state index in [1.807, 2.05) is 37.4 Å². The summed E-state index contributed by atoms with van der Waals surface area (Å²) in [5.41, 5.74) is 0.759. The Hall–Kier alpha value is -2.08. The van der Waals surface area contributed by atoms with Gasteiger partial charge < -0.3 is 4.74 Å². The Morgan fingerprint density at radius 2 is 2.19 bits per heavy atom. The number of aromatic nitrogens is 2. The summed E-state index contributed by atoms with van der Waals surface area (Å²) in [6, 6.07) is 7.71. The summed E-state index contributed by atoms with van der Waals surface area (Å²) in [4.78, 5) is 24.9. The van der Waals surface area contributed by atoms with Gasteiger partial charge in [0.1, 0.15) is 0 Å². The Morgan fingerprint density at radius 1 is 1.43 bits per heavy atom. The first kappa shape index (κ1) is 15.3. The summed E-state index contributed by atoms with van der Waals surface area (Å²) in [6.45, 7) is 1.86. The van der Waals surface area contributed by atoms with Gasteiger partial charge in [-0.2, -0.15) is 5.10 Å². The number of thioether (sulfide) groups is 1. The molecule has 5 nitrogen and oxygen atoms in total. The van der Waals surface area contributed by atoms with Crippen LogP contribution in [0.15, 0.2) is 40.2 Å². The highest BCUT2D eigenvalue weighted by Gasteiger charge is 2.17. The van der Waals surface area contributed by atoms with Gasteiger partial charge in [0.15, 0.2) is 0 Å². The van der Waals surface area contributed by atoms with Crippen LogP contribution in [0.1, 0.15) is 23.0 Å². The maximum Gasteiger partial charge on any atom is 0.362 e. The minimum Gasteiger partial charge on any atom is -0.464 e. The van der Waals surface area contributed by atoms with Crippen molar-refractivity contribution in [2.24, 2.45) is 0 Å². The van der Waals surface area contributed by atoms with Crippen molar-refractivity contribution in [1.82, 2.24) is 9.78 Å². The van der Waals surface area contributed by atoms with E-state index in [1.165, 1.54) is 7.11 Å². The van der Waals surface area contributed by atoms with E-state index in [-0.39, 0.29) is 11.1 Å². The minimum atomic E-state index is -0.718. The number of hydrogen-bond donors (Lipinski definition) is 0. The maximum atomic E-state index is 12.1. The monoisotopic (exact) mass is 304 g/mol. The molecule has 0 N–H and O–H groups in total. The fourth-order valence-electron chi connectivity index (χ4n) is 1.91. The molecule has 21 heavy (non-hydrogen) atoms. The highest BCUT2D eigenvalue weighted by atomic mass is 32.2. The van der Waals surface area contributed by atoms with Crippen molar-refractivity contribution in [3.63, 3.8) is 0 Å². The molecule has 0 amide bonds. The molecule has 0 spiro atoms. The molecule has 0 radical (unpaired) electrons. The van der Waals surface area contributed by atoms with Crippen molar-refractivity contribution in [3.8, 4) is 5.69 Å².